The maximum absolute atomic E-state index is 12.0. The number of phosphoric acid groups is 1. The quantitative estimate of drug-likeness (QED) is 0.0577. The second kappa shape index (κ2) is 22.9. The van der Waals surface area contributed by atoms with Crippen molar-refractivity contribution < 1.29 is 32.5 Å². The highest BCUT2D eigenvalue weighted by atomic mass is 31.2. The summed E-state index contributed by atoms with van der Waals surface area (Å²) in [4.78, 5) is 9.79. The second-order valence-electron chi connectivity index (χ2n) is 10.5. The van der Waals surface area contributed by atoms with Crippen LogP contribution in [0.25, 0.3) is 0 Å². The fraction of sp³-hybridized carbons (Fsp3) is 0.926. The predicted molar refractivity (Wildman–Crippen MR) is 146 cm³/mol. The van der Waals surface area contributed by atoms with Crippen LogP contribution in [-0.2, 0) is 23.1 Å². The van der Waals surface area contributed by atoms with Gasteiger partial charge in [0.05, 0.1) is 34.4 Å². The van der Waals surface area contributed by atoms with Crippen LogP contribution in [0.1, 0.15) is 96.8 Å². The van der Waals surface area contributed by atoms with E-state index in [9.17, 15) is 9.46 Å². The Morgan fingerprint density at radius 1 is 0.771 bits per heavy atom. The molecule has 0 spiro atoms. The summed E-state index contributed by atoms with van der Waals surface area (Å²) in [6.45, 7) is 3.99. The summed E-state index contributed by atoms with van der Waals surface area (Å²) in [5, 5.41) is 0. The van der Waals surface area contributed by atoms with Gasteiger partial charge in [-0.1, -0.05) is 76.9 Å². The van der Waals surface area contributed by atoms with Crippen molar-refractivity contribution in [3.8, 4) is 0 Å². The Labute approximate surface area is 216 Å². The highest BCUT2D eigenvalue weighted by Gasteiger charge is 2.24. The largest absolute Gasteiger partial charge is 0.472 e. The number of quaternary nitrogens is 1. The SMILES string of the molecule is CCCCCCCC/C=C\CCCCCCCCOCC(COP(=O)(O)OCC[N+](C)(C)C)OC. The maximum atomic E-state index is 12.0. The van der Waals surface area contributed by atoms with Crippen LogP contribution in [-0.4, -0.2) is 76.7 Å². The molecule has 0 heterocycles. The molecule has 210 valence electrons. The molecule has 0 radical (unpaired) electrons. The lowest BCUT2D eigenvalue weighted by atomic mass is 10.1. The zero-order valence-electron chi connectivity index (χ0n) is 23.5. The number of methoxy groups -OCH3 is 1. The summed E-state index contributed by atoms with van der Waals surface area (Å²) in [5.74, 6) is 0. The maximum Gasteiger partial charge on any atom is 0.472 e. The molecule has 35 heavy (non-hydrogen) atoms. The highest BCUT2D eigenvalue weighted by molar-refractivity contribution is 7.47. The van der Waals surface area contributed by atoms with Crippen LogP contribution in [0.4, 0.5) is 0 Å². The third-order valence-corrected chi connectivity index (χ3v) is 6.86. The minimum Gasteiger partial charge on any atom is -0.379 e. The molecule has 0 fully saturated rings. The summed E-state index contributed by atoms with van der Waals surface area (Å²) in [6.07, 6.45) is 22.3. The van der Waals surface area contributed by atoms with Crippen LogP contribution in [0.2, 0.25) is 0 Å². The van der Waals surface area contributed by atoms with E-state index in [0.29, 0.717) is 24.2 Å². The topological polar surface area (TPSA) is 74.2 Å². The average molecular weight is 523 g/mol. The molecule has 7 nitrogen and oxygen atoms in total. The van der Waals surface area contributed by atoms with E-state index >= 15 is 0 Å². The van der Waals surface area contributed by atoms with Crippen molar-refractivity contribution in [1.29, 1.82) is 0 Å². The van der Waals surface area contributed by atoms with E-state index < -0.39 is 13.9 Å². The number of likely N-dealkylation sites (N-methyl/N-ethyl adjacent to an activating group) is 1. The standard InChI is InChI=1S/C27H56NO6P/c1-6-7-8-9-10-11-12-13-14-15-16-17-18-19-20-21-23-32-25-27(31-5)26-34-35(29,30)33-24-22-28(2,3)4/h13-14,27H,6-12,15-26H2,1-5H3/p+1/b14-13-. The molecule has 0 aliphatic heterocycles. The monoisotopic (exact) mass is 522 g/mol. The van der Waals surface area contributed by atoms with Gasteiger partial charge in [-0.05, 0) is 32.1 Å². The van der Waals surface area contributed by atoms with Crippen molar-refractivity contribution in [2.24, 2.45) is 0 Å². The van der Waals surface area contributed by atoms with Gasteiger partial charge in [0, 0.05) is 13.7 Å². The molecule has 0 aromatic heterocycles. The molecule has 2 atom stereocenters. The van der Waals surface area contributed by atoms with E-state index in [1.54, 1.807) is 7.11 Å². The van der Waals surface area contributed by atoms with Crippen LogP contribution in [0.5, 0.6) is 0 Å². The Morgan fingerprint density at radius 2 is 1.31 bits per heavy atom. The van der Waals surface area contributed by atoms with Crippen molar-refractivity contribution in [2.45, 2.75) is 103 Å². The van der Waals surface area contributed by atoms with E-state index in [2.05, 4.69) is 19.1 Å². The lowest BCUT2D eigenvalue weighted by Gasteiger charge is -2.24. The molecule has 0 aliphatic carbocycles. The van der Waals surface area contributed by atoms with E-state index in [0.717, 1.165) is 12.8 Å². The van der Waals surface area contributed by atoms with Crippen LogP contribution >= 0.6 is 7.82 Å². The minimum absolute atomic E-state index is 0.0396. The molecule has 0 saturated carbocycles. The van der Waals surface area contributed by atoms with Crippen molar-refractivity contribution in [3.05, 3.63) is 12.2 Å². The van der Waals surface area contributed by atoms with Gasteiger partial charge >= 0.3 is 7.82 Å². The van der Waals surface area contributed by atoms with Crippen molar-refractivity contribution in [3.63, 3.8) is 0 Å². The summed E-state index contributed by atoms with van der Waals surface area (Å²) < 4.78 is 33.6. The smallest absolute Gasteiger partial charge is 0.379 e. The molecule has 0 rings (SSSR count). The van der Waals surface area contributed by atoms with Crippen molar-refractivity contribution in [1.82, 2.24) is 0 Å². The Morgan fingerprint density at radius 3 is 1.86 bits per heavy atom. The Balaban J connectivity index is 3.55. The van der Waals surface area contributed by atoms with Crippen LogP contribution in [0, 0.1) is 0 Å². The van der Waals surface area contributed by atoms with Gasteiger partial charge < -0.3 is 18.9 Å². The van der Waals surface area contributed by atoms with Crippen LogP contribution in [0.15, 0.2) is 12.2 Å². The van der Waals surface area contributed by atoms with Gasteiger partial charge in [-0.25, -0.2) is 4.57 Å². The number of allylic oxidation sites excluding steroid dienone is 2. The molecule has 0 bridgehead atoms. The Hall–Kier alpha value is -0.270. The molecule has 1 N–H and O–H groups in total. The number of hydrogen-bond acceptors (Lipinski definition) is 5. The predicted octanol–water partition coefficient (Wildman–Crippen LogP) is 6.90. The number of phosphoric ester groups is 1. The van der Waals surface area contributed by atoms with Gasteiger partial charge in [0.2, 0.25) is 0 Å². The number of unbranched alkanes of at least 4 members (excludes halogenated alkanes) is 12. The summed E-state index contributed by atoms with van der Waals surface area (Å²) >= 11 is 0. The first-order valence-corrected chi connectivity index (χ1v) is 15.4. The van der Waals surface area contributed by atoms with E-state index in [1.807, 2.05) is 21.1 Å². The third-order valence-electron chi connectivity index (χ3n) is 5.88. The first kappa shape index (κ1) is 34.7. The van der Waals surface area contributed by atoms with Crippen LogP contribution < -0.4 is 0 Å². The summed E-state index contributed by atoms with van der Waals surface area (Å²) in [6, 6.07) is 0. The van der Waals surface area contributed by atoms with E-state index in [1.165, 1.54) is 77.0 Å². The van der Waals surface area contributed by atoms with Gasteiger partial charge in [0.15, 0.2) is 0 Å². The van der Waals surface area contributed by atoms with Crippen LogP contribution in [0.3, 0.4) is 0 Å². The normalized spacial score (nSPS) is 15.0. The lowest BCUT2D eigenvalue weighted by Crippen LogP contribution is -2.37. The molecule has 0 aliphatic rings. The fourth-order valence-corrected chi connectivity index (χ4v) is 4.24. The fourth-order valence-electron chi connectivity index (χ4n) is 3.50. The first-order chi connectivity index (χ1) is 16.7. The zero-order valence-corrected chi connectivity index (χ0v) is 24.4. The Bertz CT molecular complexity index is 538. The molecule has 0 aromatic carbocycles. The molecular formula is C27H57NO6P+. The number of nitrogens with zero attached hydrogens (tertiary/aromatic N) is 1. The van der Waals surface area contributed by atoms with Gasteiger partial charge in [0.25, 0.3) is 0 Å². The first-order valence-electron chi connectivity index (χ1n) is 13.9. The van der Waals surface area contributed by atoms with Gasteiger partial charge in [-0.15, -0.1) is 0 Å². The highest BCUT2D eigenvalue weighted by Crippen LogP contribution is 2.43. The molecule has 2 unspecified atom stereocenters. The van der Waals surface area contributed by atoms with E-state index in [4.69, 9.17) is 18.5 Å². The van der Waals surface area contributed by atoms with Gasteiger partial charge in [0.1, 0.15) is 19.3 Å². The van der Waals surface area contributed by atoms with Crippen molar-refractivity contribution >= 4 is 7.82 Å². The summed E-state index contributed by atoms with van der Waals surface area (Å²) in [5.41, 5.74) is 0. The number of hydrogen-bond donors (Lipinski definition) is 1. The zero-order chi connectivity index (χ0) is 26.3. The average Bonchev–Trinajstić information content (AvgIpc) is 2.79. The number of rotatable bonds is 26. The van der Waals surface area contributed by atoms with Gasteiger partial charge in [-0.3, -0.25) is 9.05 Å². The number of ether oxygens (including phenoxy) is 2. The molecule has 8 heteroatoms. The second-order valence-corrected chi connectivity index (χ2v) is 11.9. The lowest BCUT2D eigenvalue weighted by molar-refractivity contribution is -0.870. The molecule has 0 amide bonds. The third kappa shape index (κ3) is 26.6. The van der Waals surface area contributed by atoms with Gasteiger partial charge in [-0.2, -0.15) is 0 Å². The molecule has 0 saturated heterocycles. The minimum atomic E-state index is -4.07. The molecule has 0 aromatic rings. The van der Waals surface area contributed by atoms with Crippen molar-refractivity contribution in [2.75, 3.05) is 61.2 Å². The summed E-state index contributed by atoms with van der Waals surface area (Å²) in [7, 11) is 3.43. The Kier molecular flexibility index (Phi) is 22.7. The van der Waals surface area contributed by atoms with E-state index in [-0.39, 0.29) is 13.2 Å². The molecular weight excluding hydrogens is 465 g/mol.